The molecule has 92 valence electrons. The molecule has 7 heteroatoms. The Balaban J connectivity index is 2.19. The zero-order valence-corrected chi connectivity index (χ0v) is 9.93. The van der Waals surface area contributed by atoms with Crippen LogP contribution in [-0.4, -0.2) is 37.3 Å². The van der Waals surface area contributed by atoms with Gasteiger partial charge in [-0.25, -0.2) is 0 Å². The van der Waals surface area contributed by atoms with Crippen LogP contribution >= 0.6 is 0 Å². The maximum Gasteiger partial charge on any atom is 0.236 e. The van der Waals surface area contributed by atoms with Crippen LogP contribution in [0.15, 0.2) is 0 Å². The number of nitrogens with zero attached hydrogens (tertiary/aromatic N) is 4. The summed E-state index contributed by atoms with van der Waals surface area (Å²) in [7, 11) is 0. The highest BCUT2D eigenvalue weighted by Gasteiger charge is 2.49. The van der Waals surface area contributed by atoms with Gasteiger partial charge in [-0.1, -0.05) is 19.1 Å². The standard InChI is InChI=1S/C10H15N5O2/c1-3-10(4-2)5-8(16)15(9(10)17)6-7-11-13-14-12-7/h3-6H2,1-2H3,(H,11,12,13,14). The van der Waals surface area contributed by atoms with Crippen molar-refractivity contribution in [3.05, 3.63) is 5.82 Å². The lowest BCUT2D eigenvalue weighted by molar-refractivity contribution is -0.142. The van der Waals surface area contributed by atoms with E-state index in [2.05, 4.69) is 20.6 Å². The monoisotopic (exact) mass is 237 g/mol. The molecule has 1 aliphatic rings. The quantitative estimate of drug-likeness (QED) is 0.758. The van der Waals surface area contributed by atoms with E-state index in [1.165, 1.54) is 4.90 Å². The summed E-state index contributed by atoms with van der Waals surface area (Å²) in [6.45, 7) is 3.98. The van der Waals surface area contributed by atoms with Crippen molar-refractivity contribution >= 4 is 11.8 Å². The molecule has 0 aliphatic carbocycles. The van der Waals surface area contributed by atoms with Crippen LogP contribution in [0.2, 0.25) is 0 Å². The molecule has 0 spiro atoms. The summed E-state index contributed by atoms with van der Waals surface area (Å²) in [4.78, 5) is 25.3. The Hall–Kier alpha value is -1.79. The van der Waals surface area contributed by atoms with Crippen LogP contribution in [-0.2, 0) is 16.1 Å². The molecule has 1 aromatic heterocycles. The predicted molar refractivity (Wildman–Crippen MR) is 57.4 cm³/mol. The average molecular weight is 237 g/mol. The third-order valence-electron chi connectivity index (χ3n) is 3.53. The number of hydrogen-bond acceptors (Lipinski definition) is 5. The number of aromatic amines is 1. The number of likely N-dealkylation sites (tertiary alicyclic amines) is 1. The highest BCUT2D eigenvalue weighted by atomic mass is 16.2. The maximum atomic E-state index is 12.2. The van der Waals surface area contributed by atoms with E-state index in [4.69, 9.17) is 0 Å². The van der Waals surface area contributed by atoms with Gasteiger partial charge in [-0.15, -0.1) is 10.2 Å². The number of amides is 2. The number of hydrogen-bond donors (Lipinski definition) is 1. The van der Waals surface area contributed by atoms with Crippen molar-refractivity contribution < 1.29 is 9.59 Å². The lowest BCUT2D eigenvalue weighted by Crippen LogP contribution is -2.35. The van der Waals surface area contributed by atoms with Gasteiger partial charge in [0, 0.05) is 6.42 Å². The molecule has 1 saturated heterocycles. The lowest BCUT2D eigenvalue weighted by Gasteiger charge is -2.22. The summed E-state index contributed by atoms with van der Waals surface area (Å²) in [5.74, 6) is 0.0931. The summed E-state index contributed by atoms with van der Waals surface area (Å²) < 4.78 is 0. The predicted octanol–water partition coefficient (Wildman–Crippen LogP) is 0.265. The van der Waals surface area contributed by atoms with E-state index in [0.717, 1.165) is 0 Å². The van der Waals surface area contributed by atoms with Crippen LogP contribution in [0.4, 0.5) is 0 Å². The normalized spacial score (nSPS) is 19.1. The van der Waals surface area contributed by atoms with E-state index >= 15 is 0 Å². The first-order valence-electron chi connectivity index (χ1n) is 5.70. The number of aromatic nitrogens is 4. The Bertz CT molecular complexity index is 424. The van der Waals surface area contributed by atoms with E-state index in [9.17, 15) is 9.59 Å². The van der Waals surface area contributed by atoms with Crippen molar-refractivity contribution in [2.75, 3.05) is 0 Å². The molecule has 0 saturated carbocycles. The first-order valence-corrected chi connectivity index (χ1v) is 5.70. The third kappa shape index (κ3) is 1.81. The van der Waals surface area contributed by atoms with E-state index in [-0.39, 0.29) is 24.8 Å². The summed E-state index contributed by atoms with van der Waals surface area (Å²) in [6, 6.07) is 0. The van der Waals surface area contributed by atoms with Gasteiger partial charge in [0.1, 0.15) is 0 Å². The molecule has 2 amide bonds. The maximum absolute atomic E-state index is 12.2. The van der Waals surface area contributed by atoms with Gasteiger partial charge in [-0.2, -0.15) is 5.21 Å². The van der Waals surface area contributed by atoms with Crippen LogP contribution in [0.5, 0.6) is 0 Å². The van der Waals surface area contributed by atoms with Gasteiger partial charge in [0.05, 0.1) is 12.0 Å². The minimum atomic E-state index is -0.527. The summed E-state index contributed by atoms with van der Waals surface area (Å²) in [5, 5.41) is 13.2. The number of nitrogens with one attached hydrogen (secondary N) is 1. The molecule has 1 aromatic rings. The van der Waals surface area contributed by atoms with Crippen molar-refractivity contribution in [2.24, 2.45) is 5.41 Å². The molecule has 2 heterocycles. The Kier molecular flexibility index (Phi) is 2.91. The SMILES string of the molecule is CCC1(CC)CC(=O)N(Cc2nn[nH]n2)C1=O. The number of carbonyl (C=O) groups excluding carboxylic acids is 2. The van der Waals surface area contributed by atoms with Gasteiger partial charge < -0.3 is 0 Å². The van der Waals surface area contributed by atoms with Crippen LogP contribution in [0.1, 0.15) is 38.9 Å². The van der Waals surface area contributed by atoms with E-state index in [0.29, 0.717) is 18.7 Å². The summed E-state index contributed by atoms with van der Waals surface area (Å²) in [5.41, 5.74) is -0.527. The molecule has 1 N–H and O–H groups in total. The first-order chi connectivity index (χ1) is 8.13. The van der Waals surface area contributed by atoms with Crippen LogP contribution in [0, 0.1) is 5.41 Å². The van der Waals surface area contributed by atoms with Crippen molar-refractivity contribution in [1.82, 2.24) is 25.5 Å². The third-order valence-corrected chi connectivity index (χ3v) is 3.53. The fourth-order valence-corrected chi connectivity index (χ4v) is 2.21. The molecule has 7 nitrogen and oxygen atoms in total. The van der Waals surface area contributed by atoms with Gasteiger partial charge in [0.15, 0.2) is 5.82 Å². The van der Waals surface area contributed by atoms with Gasteiger partial charge in [0.2, 0.25) is 11.8 Å². The van der Waals surface area contributed by atoms with E-state index in [1.807, 2.05) is 13.8 Å². The largest absolute Gasteiger partial charge is 0.274 e. The topological polar surface area (TPSA) is 91.8 Å². The fraction of sp³-hybridized carbons (Fsp3) is 0.700. The smallest absolute Gasteiger partial charge is 0.236 e. The van der Waals surface area contributed by atoms with E-state index in [1.54, 1.807) is 0 Å². The Morgan fingerprint density at radius 2 is 2.06 bits per heavy atom. The molecule has 0 aromatic carbocycles. The van der Waals surface area contributed by atoms with Crippen molar-refractivity contribution in [3.8, 4) is 0 Å². The molecule has 17 heavy (non-hydrogen) atoms. The van der Waals surface area contributed by atoms with Crippen molar-refractivity contribution in [1.29, 1.82) is 0 Å². The molecule has 2 rings (SSSR count). The molecule has 1 aliphatic heterocycles. The molecule has 0 radical (unpaired) electrons. The highest BCUT2D eigenvalue weighted by Crippen LogP contribution is 2.39. The van der Waals surface area contributed by atoms with Gasteiger partial charge >= 0.3 is 0 Å². The zero-order chi connectivity index (χ0) is 12.5. The van der Waals surface area contributed by atoms with Crippen molar-refractivity contribution in [2.45, 2.75) is 39.7 Å². The Labute approximate surface area is 98.6 Å². The summed E-state index contributed by atoms with van der Waals surface area (Å²) in [6.07, 6.45) is 1.64. The van der Waals surface area contributed by atoms with Gasteiger partial charge in [-0.3, -0.25) is 14.5 Å². The first kappa shape index (κ1) is 11.7. The zero-order valence-electron chi connectivity index (χ0n) is 9.93. The molecule has 0 bridgehead atoms. The molecular weight excluding hydrogens is 222 g/mol. The number of H-pyrrole nitrogens is 1. The molecule has 0 atom stereocenters. The molecule has 1 fully saturated rings. The minimum absolute atomic E-state index is 0.107. The van der Waals surface area contributed by atoms with Crippen molar-refractivity contribution in [3.63, 3.8) is 0 Å². The number of imide groups is 1. The number of carbonyl (C=O) groups is 2. The second-order valence-corrected chi connectivity index (χ2v) is 4.28. The highest BCUT2D eigenvalue weighted by molar-refractivity contribution is 6.05. The minimum Gasteiger partial charge on any atom is -0.274 e. The fourth-order valence-electron chi connectivity index (χ4n) is 2.21. The Morgan fingerprint density at radius 3 is 2.53 bits per heavy atom. The van der Waals surface area contributed by atoms with E-state index < -0.39 is 5.41 Å². The average Bonchev–Trinajstić information content (AvgIpc) is 2.91. The van der Waals surface area contributed by atoms with Crippen LogP contribution in [0.3, 0.4) is 0 Å². The van der Waals surface area contributed by atoms with Crippen LogP contribution in [0.25, 0.3) is 0 Å². The van der Waals surface area contributed by atoms with Gasteiger partial charge in [-0.05, 0) is 12.8 Å². The lowest BCUT2D eigenvalue weighted by atomic mass is 9.81. The van der Waals surface area contributed by atoms with Crippen LogP contribution < -0.4 is 0 Å². The number of rotatable bonds is 4. The van der Waals surface area contributed by atoms with Gasteiger partial charge in [0.25, 0.3) is 0 Å². The molecular formula is C10H15N5O2. The number of tetrazole rings is 1. The molecule has 0 unspecified atom stereocenters. The Morgan fingerprint density at radius 1 is 1.35 bits per heavy atom. The second-order valence-electron chi connectivity index (χ2n) is 4.28. The second kappa shape index (κ2) is 4.23. The summed E-state index contributed by atoms with van der Waals surface area (Å²) >= 11 is 0.